The maximum atomic E-state index is 12.3. The quantitative estimate of drug-likeness (QED) is 0.846. The number of nitrogens with one attached hydrogen (secondary N) is 1. The van der Waals surface area contributed by atoms with Crippen molar-refractivity contribution >= 4 is 28.2 Å². The largest absolute Gasteiger partial charge is 0.465 e. The highest BCUT2D eigenvalue weighted by atomic mass is 32.1. The number of rotatable bonds is 4. The number of methoxy groups -OCH3 is 1. The zero-order valence-corrected chi connectivity index (χ0v) is 14.2. The molecular formula is C16H22N2O4S. The maximum absolute atomic E-state index is 12.3. The Morgan fingerprint density at radius 3 is 2.74 bits per heavy atom. The van der Waals surface area contributed by atoms with Crippen LogP contribution in [0.3, 0.4) is 0 Å². The number of carbonyl (C=O) groups is 2. The van der Waals surface area contributed by atoms with Crippen molar-refractivity contribution in [1.29, 1.82) is 0 Å². The van der Waals surface area contributed by atoms with Crippen LogP contribution in [0.15, 0.2) is 0 Å². The van der Waals surface area contributed by atoms with Crippen LogP contribution in [0.2, 0.25) is 0 Å². The van der Waals surface area contributed by atoms with Gasteiger partial charge in [0.1, 0.15) is 5.00 Å². The lowest BCUT2D eigenvalue weighted by Gasteiger charge is -2.25. The van der Waals surface area contributed by atoms with Crippen LogP contribution in [0.25, 0.3) is 0 Å². The number of thiophene rings is 1. The summed E-state index contributed by atoms with van der Waals surface area (Å²) in [6, 6.07) is 0. The first kappa shape index (κ1) is 16.4. The fraction of sp³-hybridized carbons (Fsp3) is 0.625. The van der Waals surface area contributed by atoms with E-state index in [-0.39, 0.29) is 11.9 Å². The van der Waals surface area contributed by atoms with E-state index in [0.29, 0.717) is 30.3 Å². The summed E-state index contributed by atoms with van der Waals surface area (Å²) >= 11 is 1.52. The van der Waals surface area contributed by atoms with E-state index < -0.39 is 0 Å². The third-order valence-electron chi connectivity index (χ3n) is 4.28. The van der Waals surface area contributed by atoms with E-state index in [4.69, 9.17) is 9.47 Å². The monoisotopic (exact) mass is 338 g/mol. The molecule has 1 amide bonds. The van der Waals surface area contributed by atoms with Gasteiger partial charge in [-0.05, 0) is 31.2 Å². The van der Waals surface area contributed by atoms with Gasteiger partial charge in [0.05, 0.1) is 32.4 Å². The zero-order chi connectivity index (χ0) is 16.2. The topological polar surface area (TPSA) is 67.9 Å². The molecule has 1 N–H and O–H groups in total. The summed E-state index contributed by atoms with van der Waals surface area (Å²) in [7, 11) is 1.38. The van der Waals surface area contributed by atoms with Gasteiger partial charge in [0.25, 0.3) is 0 Å². The number of esters is 1. The molecule has 0 spiro atoms. The number of ether oxygens (including phenoxy) is 2. The molecule has 1 aliphatic carbocycles. The summed E-state index contributed by atoms with van der Waals surface area (Å²) in [6.07, 6.45) is 4.07. The number of carbonyl (C=O) groups excluding carboxylic acids is 2. The van der Waals surface area contributed by atoms with Gasteiger partial charge in [-0.3, -0.25) is 9.69 Å². The van der Waals surface area contributed by atoms with Gasteiger partial charge in [0.15, 0.2) is 0 Å². The minimum atomic E-state index is -0.355. The molecular weight excluding hydrogens is 316 g/mol. The van der Waals surface area contributed by atoms with E-state index in [1.165, 1.54) is 23.3 Å². The van der Waals surface area contributed by atoms with Crippen molar-refractivity contribution in [3.05, 3.63) is 16.0 Å². The summed E-state index contributed by atoms with van der Waals surface area (Å²) in [5.41, 5.74) is 1.62. The fourth-order valence-electron chi connectivity index (χ4n) is 3.10. The Labute approximate surface area is 139 Å². The minimum Gasteiger partial charge on any atom is -0.465 e. The molecule has 0 aromatic carbocycles. The number of anilines is 1. The van der Waals surface area contributed by atoms with E-state index in [9.17, 15) is 9.59 Å². The molecule has 0 saturated carbocycles. The van der Waals surface area contributed by atoms with E-state index in [1.54, 1.807) is 0 Å². The van der Waals surface area contributed by atoms with Crippen molar-refractivity contribution in [3.63, 3.8) is 0 Å². The third kappa shape index (κ3) is 3.73. The summed E-state index contributed by atoms with van der Waals surface area (Å²) in [5, 5.41) is 3.57. The van der Waals surface area contributed by atoms with Gasteiger partial charge in [-0.15, -0.1) is 11.3 Å². The average Bonchev–Trinajstić information content (AvgIpc) is 2.92. The second-order valence-electron chi connectivity index (χ2n) is 5.84. The molecule has 2 heterocycles. The van der Waals surface area contributed by atoms with Gasteiger partial charge in [-0.2, -0.15) is 0 Å². The smallest absolute Gasteiger partial charge is 0.341 e. The lowest BCUT2D eigenvalue weighted by Crippen LogP contribution is -2.41. The van der Waals surface area contributed by atoms with Crippen LogP contribution in [-0.2, 0) is 27.1 Å². The number of amides is 1. The van der Waals surface area contributed by atoms with Crippen LogP contribution in [0, 0.1) is 0 Å². The number of hydrogen-bond donors (Lipinski definition) is 1. The predicted octanol–water partition coefficient (Wildman–Crippen LogP) is 1.68. The van der Waals surface area contributed by atoms with Crippen LogP contribution in [0.4, 0.5) is 5.00 Å². The van der Waals surface area contributed by atoms with Crippen LogP contribution < -0.4 is 5.32 Å². The van der Waals surface area contributed by atoms with Crippen LogP contribution in [0.1, 0.15) is 33.6 Å². The van der Waals surface area contributed by atoms with Crippen molar-refractivity contribution < 1.29 is 19.1 Å². The van der Waals surface area contributed by atoms with Crippen LogP contribution in [0.5, 0.6) is 0 Å². The molecule has 126 valence electrons. The molecule has 3 rings (SSSR count). The SMILES string of the molecule is COC(=O)c1c(NC(=O)CN2CCOCC2)sc2c1CCCC2. The predicted molar refractivity (Wildman–Crippen MR) is 88.2 cm³/mol. The molecule has 1 fully saturated rings. The molecule has 2 aliphatic rings. The highest BCUT2D eigenvalue weighted by Crippen LogP contribution is 2.38. The van der Waals surface area contributed by atoms with E-state index in [2.05, 4.69) is 10.2 Å². The third-order valence-corrected chi connectivity index (χ3v) is 5.49. The standard InChI is InChI=1S/C16H22N2O4S/c1-21-16(20)14-11-4-2-3-5-12(11)23-15(14)17-13(19)10-18-6-8-22-9-7-18/h2-10H2,1H3,(H,17,19). The Kier molecular flexibility index (Phi) is 5.30. The normalized spacial score (nSPS) is 18.3. The number of morpholine rings is 1. The molecule has 0 atom stereocenters. The Hall–Kier alpha value is -1.44. The molecule has 7 heteroatoms. The van der Waals surface area contributed by atoms with Gasteiger partial charge in [-0.25, -0.2) is 4.79 Å². The van der Waals surface area contributed by atoms with Crippen molar-refractivity contribution in [2.75, 3.05) is 45.3 Å². The highest BCUT2D eigenvalue weighted by molar-refractivity contribution is 7.17. The number of fused-ring (bicyclic) bond motifs is 1. The molecule has 0 radical (unpaired) electrons. The van der Waals surface area contributed by atoms with Crippen LogP contribution >= 0.6 is 11.3 Å². The van der Waals surface area contributed by atoms with Crippen molar-refractivity contribution in [1.82, 2.24) is 4.90 Å². The summed E-state index contributed by atoms with van der Waals surface area (Å²) in [5.74, 6) is -0.443. The Balaban J connectivity index is 1.74. The summed E-state index contributed by atoms with van der Waals surface area (Å²) in [6.45, 7) is 3.17. The first-order valence-electron chi connectivity index (χ1n) is 8.02. The van der Waals surface area contributed by atoms with Gasteiger partial charge in [0, 0.05) is 18.0 Å². The molecule has 6 nitrogen and oxygen atoms in total. The molecule has 1 aromatic heterocycles. The number of aryl methyl sites for hydroxylation is 1. The second kappa shape index (κ2) is 7.42. The molecule has 23 heavy (non-hydrogen) atoms. The maximum Gasteiger partial charge on any atom is 0.341 e. The molecule has 1 aliphatic heterocycles. The van der Waals surface area contributed by atoms with Gasteiger partial charge >= 0.3 is 5.97 Å². The zero-order valence-electron chi connectivity index (χ0n) is 13.4. The number of hydrogen-bond acceptors (Lipinski definition) is 6. The van der Waals surface area contributed by atoms with E-state index in [0.717, 1.165) is 44.3 Å². The van der Waals surface area contributed by atoms with Crippen molar-refractivity contribution in [3.8, 4) is 0 Å². The van der Waals surface area contributed by atoms with Gasteiger partial charge < -0.3 is 14.8 Å². The Morgan fingerprint density at radius 1 is 1.26 bits per heavy atom. The molecule has 1 aromatic rings. The average molecular weight is 338 g/mol. The minimum absolute atomic E-state index is 0.0874. The lowest BCUT2D eigenvalue weighted by atomic mass is 9.95. The molecule has 1 saturated heterocycles. The summed E-state index contributed by atoms with van der Waals surface area (Å²) in [4.78, 5) is 27.7. The van der Waals surface area contributed by atoms with Gasteiger partial charge in [-0.1, -0.05) is 0 Å². The first-order chi connectivity index (χ1) is 11.2. The van der Waals surface area contributed by atoms with Gasteiger partial charge in [0.2, 0.25) is 5.91 Å². The summed E-state index contributed by atoms with van der Waals surface area (Å²) < 4.78 is 10.2. The molecule has 0 unspecified atom stereocenters. The van der Waals surface area contributed by atoms with E-state index >= 15 is 0 Å². The first-order valence-corrected chi connectivity index (χ1v) is 8.83. The van der Waals surface area contributed by atoms with Crippen molar-refractivity contribution in [2.45, 2.75) is 25.7 Å². The Bertz CT molecular complexity index is 593. The Morgan fingerprint density at radius 2 is 2.00 bits per heavy atom. The highest BCUT2D eigenvalue weighted by Gasteiger charge is 2.27. The van der Waals surface area contributed by atoms with E-state index in [1.807, 2.05) is 0 Å². The van der Waals surface area contributed by atoms with Crippen molar-refractivity contribution in [2.24, 2.45) is 0 Å². The van der Waals surface area contributed by atoms with Crippen LogP contribution in [-0.4, -0.2) is 56.7 Å². The number of nitrogens with zero attached hydrogens (tertiary/aromatic N) is 1. The molecule has 0 bridgehead atoms. The second-order valence-corrected chi connectivity index (χ2v) is 6.95. The fourth-order valence-corrected chi connectivity index (χ4v) is 4.39. The lowest BCUT2D eigenvalue weighted by molar-refractivity contribution is -0.118.